The Morgan fingerprint density at radius 3 is 1.85 bits per heavy atom. The van der Waals surface area contributed by atoms with Gasteiger partial charge >= 0.3 is 0 Å². The van der Waals surface area contributed by atoms with E-state index in [-0.39, 0.29) is 0 Å². The van der Waals surface area contributed by atoms with Crippen LogP contribution >= 0.6 is 23.2 Å². The molecule has 13 heavy (non-hydrogen) atoms. The van der Waals surface area contributed by atoms with Gasteiger partial charge in [0.25, 0.3) is 0 Å². The summed E-state index contributed by atoms with van der Waals surface area (Å²) in [5, 5.41) is -1.45. The van der Waals surface area contributed by atoms with Gasteiger partial charge in [0.05, 0.1) is 10.0 Å². The predicted octanol–water partition coefficient (Wildman–Crippen LogP) is 3.88. The van der Waals surface area contributed by atoms with Gasteiger partial charge < -0.3 is 0 Å². The molecule has 0 atom stereocenters. The molecule has 0 N–H and O–H groups in total. The Balaban J connectivity index is 3.56. The number of hydrogen-bond donors (Lipinski definition) is 0. The Hall–Kier alpha value is -0.480. The highest BCUT2D eigenvalue weighted by Crippen LogP contribution is 2.33. The van der Waals surface area contributed by atoms with Crippen molar-refractivity contribution in [2.24, 2.45) is 0 Å². The number of hydrogen-bond acceptors (Lipinski definition) is 0. The van der Waals surface area contributed by atoms with Crippen LogP contribution < -0.4 is 0 Å². The topological polar surface area (TPSA) is 0 Å². The lowest BCUT2D eigenvalue weighted by molar-refractivity contribution is 0.415. The third-order valence-electron chi connectivity index (χ3n) is 1.43. The van der Waals surface area contributed by atoms with Crippen LogP contribution in [0.25, 0.3) is 0 Å². The fourth-order valence-electron chi connectivity index (χ4n) is 0.768. The molecular weight excluding hydrogens is 231 g/mol. The van der Waals surface area contributed by atoms with Crippen LogP contribution in [0.5, 0.6) is 0 Å². The third-order valence-corrected chi connectivity index (χ3v) is 2.30. The Morgan fingerprint density at radius 1 is 0.846 bits per heavy atom. The molecule has 0 amide bonds. The normalized spacial score (nSPS) is 10.6. The fraction of sp³-hybridized carbons (Fsp3) is 0.143. The van der Waals surface area contributed by atoms with Gasteiger partial charge in [-0.15, -0.1) is 0 Å². The van der Waals surface area contributed by atoms with Crippen molar-refractivity contribution < 1.29 is 17.6 Å². The molecule has 0 aliphatic rings. The first-order valence-corrected chi connectivity index (χ1v) is 3.82. The lowest BCUT2D eigenvalue weighted by Gasteiger charge is -2.05. The van der Waals surface area contributed by atoms with E-state index < -0.39 is 39.7 Å². The van der Waals surface area contributed by atoms with Gasteiger partial charge in [0.2, 0.25) is 0 Å². The maximum atomic E-state index is 12.7. The Bertz CT molecular complexity index is 322. The molecule has 72 valence electrons. The molecule has 1 rings (SSSR count). The van der Waals surface area contributed by atoms with Gasteiger partial charge in [-0.25, -0.2) is 17.6 Å². The zero-order valence-electron chi connectivity index (χ0n) is 5.97. The molecule has 0 fully saturated rings. The van der Waals surface area contributed by atoms with E-state index in [1.165, 1.54) is 0 Å². The van der Waals surface area contributed by atoms with E-state index in [1.54, 1.807) is 0 Å². The largest absolute Gasteiger partial charge is 0.246 e. The van der Waals surface area contributed by atoms with Gasteiger partial charge in [0.15, 0.2) is 17.5 Å². The number of benzene rings is 1. The second kappa shape index (κ2) is 3.72. The average molecular weight is 233 g/mol. The fourth-order valence-corrected chi connectivity index (χ4v) is 1.18. The summed E-state index contributed by atoms with van der Waals surface area (Å²) in [5.74, 6) is -5.07. The van der Waals surface area contributed by atoms with Crippen molar-refractivity contribution >= 4 is 23.2 Å². The zero-order valence-corrected chi connectivity index (χ0v) is 7.49. The van der Waals surface area contributed by atoms with Crippen molar-refractivity contribution in [2.45, 2.75) is 6.67 Å². The smallest absolute Gasteiger partial charge is 0.196 e. The first-order valence-electron chi connectivity index (χ1n) is 3.07. The van der Waals surface area contributed by atoms with E-state index in [4.69, 9.17) is 23.2 Å². The zero-order chi connectivity index (χ0) is 10.2. The first kappa shape index (κ1) is 10.6. The summed E-state index contributed by atoms with van der Waals surface area (Å²) >= 11 is 10.4. The van der Waals surface area contributed by atoms with Crippen molar-refractivity contribution in [1.82, 2.24) is 0 Å². The highest BCUT2D eigenvalue weighted by Gasteiger charge is 2.22. The molecule has 0 bridgehead atoms. The number of alkyl halides is 1. The average Bonchev–Trinajstić information content (AvgIpc) is 2.13. The molecule has 1 aromatic rings. The van der Waals surface area contributed by atoms with Gasteiger partial charge in [0.1, 0.15) is 6.67 Å². The van der Waals surface area contributed by atoms with E-state index >= 15 is 0 Å². The Morgan fingerprint density at radius 2 is 1.38 bits per heavy atom. The third kappa shape index (κ3) is 1.60. The lowest BCUT2D eigenvalue weighted by Crippen LogP contribution is -1.99. The second-order valence-electron chi connectivity index (χ2n) is 2.18. The van der Waals surface area contributed by atoms with Gasteiger partial charge in [-0.1, -0.05) is 23.2 Å². The van der Waals surface area contributed by atoms with E-state index in [1.807, 2.05) is 0 Å². The van der Waals surface area contributed by atoms with Crippen molar-refractivity contribution in [3.8, 4) is 0 Å². The molecule has 0 spiro atoms. The molecule has 0 nitrogen and oxygen atoms in total. The molecule has 0 saturated heterocycles. The lowest BCUT2D eigenvalue weighted by atomic mass is 10.2. The number of halogens is 6. The van der Waals surface area contributed by atoms with Gasteiger partial charge in [-0.3, -0.25) is 0 Å². The van der Waals surface area contributed by atoms with E-state index in [9.17, 15) is 17.6 Å². The summed E-state index contributed by atoms with van der Waals surface area (Å²) in [6, 6.07) is 0. The summed E-state index contributed by atoms with van der Waals surface area (Å²) in [4.78, 5) is 0. The highest BCUT2D eigenvalue weighted by molar-refractivity contribution is 6.42. The quantitative estimate of drug-likeness (QED) is 0.392. The second-order valence-corrected chi connectivity index (χ2v) is 2.94. The van der Waals surface area contributed by atoms with Crippen LogP contribution in [0.2, 0.25) is 10.0 Å². The molecule has 0 aromatic heterocycles. The molecule has 0 saturated carbocycles. The minimum Gasteiger partial charge on any atom is -0.246 e. The summed E-state index contributed by atoms with van der Waals surface area (Å²) in [6.07, 6.45) is 0. The van der Waals surface area contributed by atoms with Crippen LogP contribution in [-0.2, 0) is 6.67 Å². The minimum absolute atomic E-state index is 0.638. The van der Waals surface area contributed by atoms with Crippen LogP contribution in [0.1, 0.15) is 5.56 Å². The molecule has 0 aliphatic heterocycles. The van der Waals surface area contributed by atoms with Crippen LogP contribution in [0.3, 0.4) is 0 Å². The van der Waals surface area contributed by atoms with Crippen LogP contribution in [0.15, 0.2) is 0 Å². The predicted molar refractivity (Wildman–Crippen MR) is 41.1 cm³/mol. The van der Waals surface area contributed by atoms with Crippen LogP contribution in [0.4, 0.5) is 17.6 Å². The van der Waals surface area contributed by atoms with Crippen molar-refractivity contribution in [3.63, 3.8) is 0 Å². The van der Waals surface area contributed by atoms with Crippen LogP contribution in [0, 0.1) is 17.5 Å². The molecular formula is C7H2Cl2F4. The van der Waals surface area contributed by atoms with Crippen molar-refractivity contribution in [2.75, 3.05) is 0 Å². The Kier molecular flexibility index (Phi) is 3.03. The van der Waals surface area contributed by atoms with Gasteiger partial charge in [-0.2, -0.15) is 0 Å². The minimum atomic E-state index is -1.82. The van der Waals surface area contributed by atoms with Crippen molar-refractivity contribution in [1.29, 1.82) is 0 Å². The van der Waals surface area contributed by atoms with Gasteiger partial charge in [0, 0.05) is 5.56 Å². The van der Waals surface area contributed by atoms with Crippen molar-refractivity contribution in [3.05, 3.63) is 33.1 Å². The van der Waals surface area contributed by atoms with Crippen LogP contribution in [-0.4, -0.2) is 0 Å². The molecule has 0 heterocycles. The molecule has 1 aromatic carbocycles. The SMILES string of the molecule is FCc1c(F)c(F)c(F)c(Cl)c1Cl. The summed E-state index contributed by atoms with van der Waals surface area (Å²) in [5.41, 5.74) is -0.773. The number of rotatable bonds is 1. The Labute approximate surface area is 81.1 Å². The monoisotopic (exact) mass is 232 g/mol. The molecule has 0 aliphatic carbocycles. The first-order chi connectivity index (χ1) is 6.00. The van der Waals surface area contributed by atoms with E-state index in [0.717, 1.165) is 0 Å². The standard InChI is InChI=1S/C7H2Cl2F4/c8-3-2(1-10)5(11)7(13)6(12)4(3)9/h1H2. The summed E-state index contributed by atoms with van der Waals surface area (Å²) in [7, 11) is 0. The maximum Gasteiger partial charge on any atom is 0.196 e. The molecule has 0 unspecified atom stereocenters. The molecule has 6 heteroatoms. The van der Waals surface area contributed by atoms with Gasteiger partial charge in [-0.05, 0) is 0 Å². The van der Waals surface area contributed by atoms with E-state index in [0.29, 0.717) is 0 Å². The summed E-state index contributed by atoms with van der Waals surface area (Å²) in [6.45, 7) is -1.35. The maximum absolute atomic E-state index is 12.7. The highest BCUT2D eigenvalue weighted by atomic mass is 35.5. The summed E-state index contributed by atoms with van der Waals surface area (Å²) < 4.78 is 49.9. The van der Waals surface area contributed by atoms with E-state index in [2.05, 4.69) is 0 Å². The molecule has 0 radical (unpaired) electrons.